The van der Waals surface area contributed by atoms with Crippen molar-refractivity contribution in [2.75, 3.05) is 0 Å². The molecule has 0 radical (unpaired) electrons. The Morgan fingerprint density at radius 3 is 2.53 bits per heavy atom. The lowest BCUT2D eigenvalue weighted by Gasteiger charge is -2.14. The number of carbonyl (C=O) groups is 1. The minimum absolute atomic E-state index is 0.388. The lowest BCUT2D eigenvalue weighted by atomic mass is 9.99. The predicted octanol–water partition coefficient (Wildman–Crippen LogP) is 5.97. The monoisotopic (exact) mass is 392 g/mol. The Hall–Kier alpha value is -3.59. The summed E-state index contributed by atoms with van der Waals surface area (Å²) in [4.78, 5) is 12.2. The Bertz CT molecular complexity index is 1440. The van der Waals surface area contributed by atoms with Gasteiger partial charge in [-0.3, -0.25) is 4.79 Å². The predicted molar refractivity (Wildman–Crippen MR) is 125 cm³/mol. The number of nitrogens with zero attached hydrogens (tertiary/aromatic N) is 1. The molecule has 3 heteroatoms. The minimum Gasteiger partial charge on any atom is -0.366 e. The van der Waals surface area contributed by atoms with E-state index in [0.717, 1.165) is 34.8 Å². The van der Waals surface area contributed by atoms with Crippen LogP contribution in [0, 0.1) is 6.92 Å². The molecule has 3 nitrogen and oxygen atoms in total. The zero-order valence-electron chi connectivity index (χ0n) is 17.3. The summed E-state index contributed by atoms with van der Waals surface area (Å²) in [6.45, 7) is 5.07. The van der Waals surface area contributed by atoms with E-state index in [1.165, 1.54) is 27.5 Å². The van der Waals surface area contributed by atoms with E-state index in [1.807, 2.05) is 12.1 Å². The number of primary amides is 1. The Morgan fingerprint density at radius 2 is 1.73 bits per heavy atom. The second-order valence-corrected chi connectivity index (χ2v) is 7.94. The van der Waals surface area contributed by atoms with Crippen LogP contribution in [-0.2, 0) is 13.0 Å². The van der Waals surface area contributed by atoms with Gasteiger partial charge in [-0.2, -0.15) is 0 Å². The van der Waals surface area contributed by atoms with Gasteiger partial charge in [0, 0.05) is 28.4 Å². The number of amides is 1. The smallest absolute Gasteiger partial charge is 0.249 e. The molecule has 0 bridgehead atoms. The quantitative estimate of drug-likeness (QED) is 0.403. The van der Waals surface area contributed by atoms with E-state index in [9.17, 15) is 4.79 Å². The minimum atomic E-state index is -0.388. The van der Waals surface area contributed by atoms with E-state index in [2.05, 4.69) is 79.1 Å². The first-order valence-corrected chi connectivity index (χ1v) is 10.4. The Morgan fingerprint density at radius 1 is 0.900 bits per heavy atom. The third-order valence-electron chi connectivity index (χ3n) is 6.22. The molecule has 0 saturated heterocycles. The molecule has 148 valence electrons. The topological polar surface area (TPSA) is 48.0 Å². The highest BCUT2D eigenvalue weighted by atomic mass is 16.1. The molecule has 5 aromatic rings. The molecule has 30 heavy (non-hydrogen) atoms. The van der Waals surface area contributed by atoms with Gasteiger partial charge < -0.3 is 10.3 Å². The van der Waals surface area contributed by atoms with Crippen LogP contribution in [0.25, 0.3) is 32.6 Å². The van der Waals surface area contributed by atoms with Crippen molar-refractivity contribution in [1.29, 1.82) is 0 Å². The Kier molecular flexibility index (Phi) is 4.32. The van der Waals surface area contributed by atoms with Gasteiger partial charge in [-0.05, 0) is 59.0 Å². The molecule has 0 aliphatic carbocycles. The maximum Gasteiger partial charge on any atom is 0.249 e. The number of carbonyl (C=O) groups excluding carboxylic acids is 1. The molecule has 0 saturated carbocycles. The maximum atomic E-state index is 12.2. The van der Waals surface area contributed by atoms with Gasteiger partial charge in [0.1, 0.15) is 0 Å². The first-order valence-electron chi connectivity index (χ1n) is 10.4. The molecule has 5 rings (SSSR count). The molecule has 0 atom stereocenters. The fourth-order valence-electron chi connectivity index (χ4n) is 4.60. The van der Waals surface area contributed by atoms with Crippen LogP contribution in [0.5, 0.6) is 0 Å². The van der Waals surface area contributed by atoms with Gasteiger partial charge in [-0.25, -0.2) is 0 Å². The van der Waals surface area contributed by atoms with Crippen molar-refractivity contribution in [3.8, 4) is 0 Å². The first kappa shape index (κ1) is 18.4. The largest absolute Gasteiger partial charge is 0.366 e. The Labute approximate surface area is 175 Å². The number of hydrogen-bond acceptors (Lipinski definition) is 1. The fraction of sp³-hybridized carbons (Fsp3) is 0.148. The number of benzene rings is 4. The molecule has 1 amide bonds. The van der Waals surface area contributed by atoms with E-state index in [-0.39, 0.29) is 5.91 Å². The van der Waals surface area contributed by atoms with E-state index in [1.54, 1.807) is 0 Å². The van der Waals surface area contributed by atoms with Crippen LogP contribution in [0.15, 0.2) is 72.8 Å². The van der Waals surface area contributed by atoms with Gasteiger partial charge in [-0.1, -0.05) is 61.5 Å². The normalized spacial score (nSPS) is 11.5. The van der Waals surface area contributed by atoms with Crippen LogP contribution < -0.4 is 5.73 Å². The summed E-state index contributed by atoms with van der Waals surface area (Å²) in [5.41, 5.74) is 12.4. The van der Waals surface area contributed by atoms with Crippen molar-refractivity contribution in [2.45, 2.75) is 26.8 Å². The van der Waals surface area contributed by atoms with Crippen molar-refractivity contribution in [1.82, 2.24) is 4.57 Å². The third-order valence-corrected chi connectivity index (χ3v) is 6.22. The molecule has 1 aromatic heterocycles. The highest BCUT2D eigenvalue weighted by Gasteiger charge is 2.18. The zero-order valence-corrected chi connectivity index (χ0v) is 17.3. The van der Waals surface area contributed by atoms with E-state index < -0.39 is 0 Å². The summed E-state index contributed by atoms with van der Waals surface area (Å²) in [5.74, 6) is -0.388. The van der Waals surface area contributed by atoms with Crippen LogP contribution in [0.4, 0.5) is 0 Å². The van der Waals surface area contributed by atoms with Gasteiger partial charge >= 0.3 is 0 Å². The lowest BCUT2D eigenvalue weighted by molar-refractivity contribution is 0.100. The van der Waals surface area contributed by atoms with Crippen molar-refractivity contribution < 1.29 is 4.79 Å². The lowest BCUT2D eigenvalue weighted by Crippen LogP contribution is -2.11. The van der Waals surface area contributed by atoms with Crippen molar-refractivity contribution in [2.24, 2.45) is 5.73 Å². The van der Waals surface area contributed by atoms with E-state index in [0.29, 0.717) is 5.56 Å². The molecule has 1 heterocycles. The summed E-state index contributed by atoms with van der Waals surface area (Å²) in [7, 11) is 0. The van der Waals surface area contributed by atoms with Crippen LogP contribution in [0.1, 0.15) is 34.0 Å². The van der Waals surface area contributed by atoms with Gasteiger partial charge in [0.25, 0.3) is 0 Å². The molecule has 4 aromatic carbocycles. The van der Waals surface area contributed by atoms with E-state index in [4.69, 9.17) is 5.73 Å². The van der Waals surface area contributed by atoms with Crippen molar-refractivity contribution in [3.63, 3.8) is 0 Å². The SMILES string of the molecule is CCc1ccc2c3c(C(N)=O)cccc3n(Cc3c(C)ccc4ccccc34)c2c1. The molecule has 0 unspecified atom stereocenters. The van der Waals surface area contributed by atoms with Crippen LogP contribution in [0.2, 0.25) is 0 Å². The summed E-state index contributed by atoms with van der Waals surface area (Å²) in [6, 6.07) is 25.3. The number of aryl methyl sites for hydroxylation is 2. The number of aromatic nitrogens is 1. The fourth-order valence-corrected chi connectivity index (χ4v) is 4.60. The number of rotatable bonds is 4. The van der Waals surface area contributed by atoms with Gasteiger partial charge in [0.05, 0.1) is 5.52 Å². The van der Waals surface area contributed by atoms with Crippen LogP contribution in [-0.4, -0.2) is 10.5 Å². The average molecular weight is 393 g/mol. The maximum absolute atomic E-state index is 12.2. The standard InChI is InChI=1S/C27H24N2O/c1-3-18-12-14-21-25(15-18)29(24-10-6-9-22(26(21)24)27(28)30)16-23-17(2)11-13-19-7-4-5-8-20(19)23/h4-15H,3,16H2,1-2H3,(H2,28,30). The summed E-state index contributed by atoms with van der Waals surface area (Å²) >= 11 is 0. The average Bonchev–Trinajstić information content (AvgIpc) is 3.08. The van der Waals surface area contributed by atoms with Crippen molar-refractivity contribution in [3.05, 3.63) is 95.1 Å². The Balaban J connectivity index is 1.86. The van der Waals surface area contributed by atoms with Gasteiger partial charge in [0.2, 0.25) is 5.91 Å². The molecular formula is C27H24N2O. The third kappa shape index (κ3) is 2.78. The first-order chi connectivity index (χ1) is 14.6. The summed E-state index contributed by atoms with van der Waals surface area (Å²) < 4.78 is 2.34. The number of fused-ring (bicyclic) bond motifs is 4. The second kappa shape index (κ2) is 7.03. The van der Waals surface area contributed by atoms with Gasteiger partial charge in [0.15, 0.2) is 0 Å². The van der Waals surface area contributed by atoms with Crippen molar-refractivity contribution >= 4 is 38.5 Å². The second-order valence-electron chi connectivity index (χ2n) is 7.94. The van der Waals surface area contributed by atoms with E-state index >= 15 is 0 Å². The molecule has 2 N–H and O–H groups in total. The summed E-state index contributed by atoms with van der Waals surface area (Å²) in [5, 5.41) is 4.53. The molecule has 0 spiro atoms. The number of nitrogens with two attached hydrogens (primary N) is 1. The van der Waals surface area contributed by atoms with Gasteiger partial charge in [-0.15, -0.1) is 0 Å². The highest BCUT2D eigenvalue weighted by Crippen LogP contribution is 2.34. The summed E-state index contributed by atoms with van der Waals surface area (Å²) in [6.07, 6.45) is 0.966. The zero-order chi connectivity index (χ0) is 20.8. The molecule has 0 fully saturated rings. The molecule has 0 aliphatic rings. The van der Waals surface area contributed by atoms with Crippen LogP contribution in [0.3, 0.4) is 0 Å². The molecular weight excluding hydrogens is 368 g/mol. The van der Waals surface area contributed by atoms with Crippen LogP contribution >= 0.6 is 0 Å². The highest BCUT2D eigenvalue weighted by molar-refractivity contribution is 6.18. The molecule has 0 aliphatic heterocycles. The number of hydrogen-bond donors (Lipinski definition) is 1.